The highest BCUT2D eigenvalue weighted by Gasteiger charge is 2.14. The van der Waals surface area contributed by atoms with Crippen LogP contribution in [0.2, 0.25) is 0 Å². The van der Waals surface area contributed by atoms with Gasteiger partial charge in [0.25, 0.3) is 0 Å². The van der Waals surface area contributed by atoms with Gasteiger partial charge in [0, 0.05) is 6.42 Å². The van der Waals surface area contributed by atoms with Crippen LogP contribution in [0.3, 0.4) is 0 Å². The van der Waals surface area contributed by atoms with Gasteiger partial charge in [-0.25, -0.2) is 0 Å². The van der Waals surface area contributed by atoms with Gasteiger partial charge in [0.05, 0.1) is 5.92 Å². The van der Waals surface area contributed by atoms with Crippen molar-refractivity contribution in [3.8, 4) is 0 Å². The Labute approximate surface area is 83.9 Å². The number of carbonyl (C=O) groups is 2. The van der Waals surface area contributed by atoms with Crippen molar-refractivity contribution < 1.29 is 9.59 Å². The van der Waals surface area contributed by atoms with Crippen LogP contribution in [0.15, 0.2) is 30.3 Å². The van der Waals surface area contributed by atoms with E-state index in [9.17, 15) is 9.59 Å². The summed E-state index contributed by atoms with van der Waals surface area (Å²) in [5.74, 6) is -0.427. The molecule has 0 N–H and O–H groups in total. The van der Waals surface area contributed by atoms with Crippen LogP contribution in [-0.2, 0) is 16.0 Å². The molecule has 1 aromatic rings. The molecule has 1 atom stereocenters. The van der Waals surface area contributed by atoms with Crippen molar-refractivity contribution >= 4 is 12.1 Å². The molecule has 0 saturated carbocycles. The van der Waals surface area contributed by atoms with Crippen LogP contribution in [0, 0.1) is 5.92 Å². The van der Waals surface area contributed by atoms with Crippen molar-refractivity contribution in [3.05, 3.63) is 35.9 Å². The first-order valence-corrected chi connectivity index (χ1v) is 4.79. The Morgan fingerprint density at radius 2 is 2.00 bits per heavy atom. The third-order valence-corrected chi connectivity index (χ3v) is 2.24. The molecule has 0 aromatic heterocycles. The molecule has 1 aromatic carbocycles. The lowest BCUT2D eigenvalue weighted by molar-refractivity contribution is -0.126. The molecule has 0 fully saturated rings. The second-order valence-electron chi connectivity index (χ2n) is 3.28. The van der Waals surface area contributed by atoms with E-state index < -0.39 is 5.92 Å². The van der Waals surface area contributed by atoms with E-state index in [-0.39, 0.29) is 5.78 Å². The van der Waals surface area contributed by atoms with Crippen molar-refractivity contribution in [3.63, 3.8) is 0 Å². The zero-order chi connectivity index (χ0) is 10.4. The number of carbonyl (C=O) groups excluding carboxylic acids is 2. The fourth-order valence-corrected chi connectivity index (χ4v) is 1.33. The Kier molecular flexibility index (Phi) is 4.05. The minimum absolute atomic E-state index is 0.00806. The predicted molar refractivity (Wildman–Crippen MR) is 55.0 cm³/mol. The normalized spacial score (nSPS) is 12.1. The summed E-state index contributed by atoms with van der Waals surface area (Å²) in [4.78, 5) is 22.1. The Morgan fingerprint density at radius 3 is 2.50 bits per heavy atom. The zero-order valence-corrected chi connectivity index (χ0v) is 8.27. The number of Topliss-reactive ketones (excluding diaryl/α,β-unsaturated/α-hetero) is 1. The van der Waals surface area contributed by atoms with Crippen molar-refractivity contribution in [2.24, 2.45) is 5.92 Å². The Hall–Kier alpha value is -1.44. The summed E-state index contributed by atoms with van der Waals surface area (Å²) in [5, 5.41) is 0. The third-order valence-electron chi connectivity index (χ3n) is 2.24. The van der Waals surface area contributed by atoms with Crippen LogP contribution in [0.5, 0.6) is 0 Å². The molecule has 14 heavy (non-hydrogen) atoms. The van der Waals surface area contributed by atoms with Gasteiger partial charge in [0.2, 0.25) is 0 Å². The first-order chi connectivity index (χ1) is 6.77. The average Bonchev–Trinajstić information content (AvgIpc) is 2.21. The fraction of sp³-hybridized carbons (Fsp3) is 0.333. The number of ketones is 1. The maximum atomic E-state index is 11.5. The molecule has 2 nitrogen and oxygen atoms in total. The first-order valence-electron chi connectivity index (χ1n) is 4.79. The van der Waals surface area contributed by atoms with Gasteiger partial charge in [-0.2, -0.15) is 0 Å². The Balaban J connectivity index is 2.61. The highest BCUT2D eigenvalue weighted by Crippen LogP contribution is 2.07. The smallest absolute Gasteiger partial charge is 0.147 e. The van der Waals surface area contributed by atoms with E-state index in [4.69, 9.17) is 0 Å². The van der Waals surface area contributed by atoms with Gasteiger partial charge in [0.1, 0.15) is 12.1 Å². The van der Waals surface area contributed by atoms with Crippen LogP contribution < -0.4 is 0 Å². The van der Waals surface area contributed by atoms with E-state index in [0.29, 0.717) is 12.8 Å². The largest absolute Gasteiger partial charge is 0.303 e. The lowest BCUT2D eigenvalue weighted by Gasteiger charge is -2.05. The van der Waals surface area contributed by atoms with E-state index in [2.05, 4.69) is 0 Å². The summed E-state index contributed by atoms with van der Waals surface area (Å²) in [6.45, 7) is 1.85. The predicted octanol–water partition coefficient (Wildman–Crippen LogP) is 2.02. The molecule has 2 heteroatoms. The third kappa shape index (κ3) is 2.80. The highest BCUT2D eigenvalue weighted by atomic mass is 16.1. The van der Waals surface area contributed by atoms with Crippen molar-refractivity contribution in [1.82, 2.24) is 0 Å². The molecule has 0 aliphatic rings. The summed E-state index contributed by atoms with van der Waals surface area (Å²) in [5.41, 5.74) is 0.970. The van der Waals surface area contributed by atoms with Gasteiger partial charge in [-0.3, -0.25) is 4.79 Å². The molecular formula is C12H14O2. The molecule has 0 amide bonds. The molecule has 0 heterocycles. The number of aldehydes is 1. The average molecular weight is 190 g/mol. The number of hydrogen-bond donors (Lipinski definition) is 0. The SMILES string of the molecule is CCC(C=O)C(=O)Cc1ccccc1. The molecule has 0 saturated heterocycles. The van der Waals surface area contributed by atoms with Crippen molar-refractivity contribution in [2.75, 3.05) is 0 Å². The fourth-order valence-electron chi connectivity index (χ4n) is 1.33. The molecule has 0 spiro atoms. The minimum Gasteiger partial charge on any atom is -0.303 e. The molecule has 0 aliphatic heterocycles. The second-order valence-corrected chi connectivity index (χ2v) is 3.28. The number of rotatable bonds is 5. The topological polar surface area (TPSA) is 34.1 Å². The highest BCUT2D eigenvalue weighted by molar-refractivity contribution is 5.94. The maximum absolute atomic E-state index is 11.5. The molecule has 0 radical (unpaired) electrons. The van der Waals surface area contributed by atoms with Crippen LogP contribution in [-0.4, -0.2) is 12.1 Å². The van der Waals surface area contributed by atoms with Gasteiger partial charge in [-0.1, -0.05) is 37.3 Å². The molecule has 1 unspecified atom stereocenters. The van der Waals surface area contributed by atoms with Crippen LogP contribution in [0.4, 0.5) is 0 Å². The maximum Gasteiger partial charge on any atom is 0.147 e. The quantitative estimate of drug-likeness (QED) is 0.526. The van der Waals surface area contributed by atoms with Gasteiger partial charge in [-0.15, -0.1) is 0 Å². The van der Waals surface area contributed by atoms with Crippen molar-refractivity contribution in [2.45, 2.75) is 19.8 Å². The summed E-state index contributed by atoms with van der Waals surface area (Å²) in [6, 6.07) is 9.49. The Morgan fingerprint density at radius 1 is 1.36 bits per heavy atom. The van der Waals surface area contributed by atoms with Gasteiger partial charge >= 0.3 is 0 Å². The minimum atomic E-state index is -0.435. The van der Waals surface area contributed by atoms with Crippen molar-refractivity contribution in [1.29, 1.82) is 0 Å². The van der Waals surface area contributed by atoms with Crippen LogP contribution in [0.1, 0.15) is 18.9 Å². The second kappa shape index (κ2) is 5.32. The number of hydrogen-bond acceptors (Lipinski definition) is 2. The number of benzene rings is 1. The molecule has 0 aliphatic carbocycles. The van der Waals surface area contributed by atoms with Crippen LogP contribution >= 0.6 is 0 Å². The van der Waals surface area contributed by atoms with Crippen LogP contribution in [0.25, 0.3) is 0 Å². The lowest BCUT2D eigenvalue weighted by Crippen LogP contribution is -2.17. The monoisotopic (exact) mass is 190 g/mol. The lowest BCUT2D eigenvalue weighted by atomic mass is 9.97. The molecule has 74 valence electrons. The van der Waals surface area contributed by atoms with E-state index in [1.54, 1.807) is 0 Å². The Bertz CT molecular complexity index is 303. The first kappa shape index (κ1) is 10.6. The van der Waals surface area contributed by atoms with E-state index >= 15 is 0 Å². The van der Waals surface area contributed by atoms with Gasteiger partial charge in [-0.05, 0) is 12.0 Å². The standard InChI is InChI=1S/C12H14O2/c1-2-11(9-13)12(14)8-10-6-4-3-5-7-10/h3-7,9,11H,2,8H2,1H3. The van der Waals surface area contributed by atoms with Gasteiger partial charge in [0.15, 0.2) is 0 Å². The summed E-state index contributed by atoms with van der Waals surface area (Å²) < 4.78 is 0. The van der Waals surface area contributed by atoms with E-state index in [1.807, 2.05) is 37.3 Å². The summed E-state index contributed by atoms with van der Waals surface area (Å²) in [7, 11) is 0. The summed E-state index contributed by atoms with van der Waals surface area (Å²) in [6.07, 6.45) is 1.69. The van der Waals surface area contributed by atoms with E-state index in [0.717, 1.165) is 11.8 Å². The zero-order valence-electron chi connectivity index (χ0n) is 8.27. The molecule has 1 rings (SSSR count). The van der Waals surface area contributed by atoms with E-state index in [1.165, 1.54) is 0 Å². The van der Waals surface area contributed by atoms with Gasteiger partial charge < -0.3 is 4.79 Å². The molecular weight excluding hydrogens is 176 g/mol. The molecule has 0 bridgehead atoms. The summed E-state index contributed by atoms with van der Waals surface area (Å²) >= 11 is 0.